The molecular weight excluding hydrogens is 408 g/mol. The molecule has 166 valence electrons. The van der Waals surface area contributed by atoms with Gasteiger partial charge < -0.3 is 14.6 Å². The summed E-state index contributed by atoms with van der Waals surface area (Å²) < 4.78 is 14.6. The second-order valence-corrected chi connectivity index (χ2v) is 7.72. The normalized spacial score (nSPS) is 11.1. The van der Waals surface area contributed by atoms with Crippen molar-refractivity contribution in [2.24, 2.45) is 0 Å². The van der Waals surface area contributed by atoms with Crippen molar-refractivity contribution in [3.63, 3.8) is 0 Å². The van der Waals surface area contributed by atoms with Gasteiger partial charge in [-0.3, -0.25) is 0 Å². The summed E-state index contributed by atoms with van der Waals surface area (Å²) in [7, 11) is 0. The number of ether oxygens (including phenoxy) is 2. The smallest absolute Gasteiger partial charge is 0.134 e. The number of aryl methyl sites for hydroxylation is 2. The zero-order valence-electron chi connectivity index (χ0n) is 18.1. The fourth-order valence-corrected chi connectivity index (χ4v) is 3.06. The Morgan fingerprint density at radius 3 is 1.53 bits per heavy atom. The van der Waals surface area contributed by atoms with E-state index in [1.54, 1.807) is 21.8 Å². The molecule has 1 N–H and O–H groups in total. The maximum Gasteiger partial charge on any atom is 0.134 e. The summed E-state index contributed by atoms with van der Waals surface area (Å²) in [5, 5.41) is 26.7. The summed E-state index contributed by atoms with van der Waals surface area (Å²) in [4.78, 5) is 0. The number of aromatic nitrogens is 6. The quantitative estimate of drug-likeness (QED) is 0.410. The van der Waals surface area contributed by atoms with Gasteiger partial charge in [0.2, 0.25) is 0 Å². The van der Waals surface area contributed by atoms with E-state index in [9.17, 15) is 5.11 Å². The topological polar surface area (TPSA) is 100 Å². The molecule has 4 aromatic rings. The highest BCUT2D eigenvalue weighted by atomic mass is 16.5. The number of rotatable bonds is 10. The van der Waals surface area contributed by atoms with Crippen molar-refractivity contribution >= 4 is 0 Å². The van der Waals surface area contributed by atoms with Crippen LogP contribution in [0.4, 0.5) is 0 Å². The fraction of sp³-hybridized carbons (Fsp3) is 0.304. The molecule has 2 heterocycles. The monoisotopic (exact) mass is 434 g/mol. The summed E-state index contributed by atoms with van der Waals surface area (Å²) in [6, 6.07) is 15.6. The Bertz CT molecular complexity index is 1030. The molecule has 0 aliphatic carbocycles. The van der Waals surface area contributed by atoms with E-state index >= 15 is 0 Å². The van der Waals surface area contributed by atoms with E-state index < -0.39 is 6.10 Å². The van der Waals surface area contributed by atoms with Gasteiger partial charge in [0.15, 0.2) is 0 Å². The molecule has 0 atom stereocenters. The standard InChI is InChI=1S/C23H26N6O3/c1-17-3-7-22(8-4-17)31-15-19-11-28(26-24-19)13-21(30)14-29-12-20(25-27-29)16-32-23-9-5-18(2)6-10-23/h3-12,21,30H,13-16H2,1-2H3. The SMILES string of the molecule is Cc1ccc(OCc2cn(CC(O)Cn3cc(COc4ccc(C)cc4)nn3)nn2)cc1. The van der Waals surface area contributed by atoms with Crippen LogP contribution >= 0.6 is 0 Å². The van der Waals surface area contributed by atoms with E-state index in [1.165, 1.54) is 11.1 Å². The van der Waals surface area contributed by atoms with Crippen LogP contribution < -0.4 is 9.47 Å². The lowest BCUT2D eigenvalue weighted by atomic mass is 10.2. The maximum absolute atomic E-state index is 10.4. The Kier molecular flexibility index (Phi) is 6.76. The minimum absolute atomic E-state index is 0.284. The van der Waals surface area contributed by atoms with Gasteiger partial charge in [-0.05, 0) is 38.1 Å². The van der Waals surface area contributed by atoms with E-state index in [-0.39, 0.29) is 13.1 Å². The zero-order valence-corrected chi connectivity index (χ0v) is 18.1. The summed E-state index contributed by atoms with van der Waals surface area (Å²) in [5.41, 5.74) is 3.73. The second kappa shape index (κ2) is 10.1. The first-order chi connectivity index (χ1) is 15.5. The van der Waals surface area contributed by atoms with Gasteiger partial charge in [-0.2, -0.15) is 0 Å². The number of aliphatic hydroxyl groups is 1. The summed E-state index contributed by atoms with van der Waals surface area (Å²) in [6.45, 7) is 5.25. The molecule has 2 aromatic heterocycles. The van der Waals surface area contributed by atoms with Gasteiger partial charge in [0.05, 0.1) is 31.6 Å². The molecule has 4 rings (SSSR count). The van der Waals surface area contributed by atoms with Crippen LogP contribution in [0.15, 0.2) is 60.9 Å². The molecule has 9 heteroatoms. The van der Waals surface area contributed by atoms with E-state index in [0.29, 0.717) is 24.6 Å². The van der Waals surface area contributed by atoms with Crippen molar-refractivity contribution in [2.45, 2.75) is 46.3 Å². The third kappa shape index (κ3) is 6.14. The third-order valence-electron chi connectivity index (χ3n) is 4.78. The van der Waals surface area contributed by atoms with Gasteiger partial charge in [-0.25, -0.2) is 9.36 Å². The molecule has 0 bridgehead atoms. The number of benzene rings is 2. The Balaban J connectivity index is 1.23. The zero-order chi connectivity index (χ0) is 22.3. The van der Waals surface area contributed by atoms with Crippen molar-refractivity contribution in [1.29, 1.82) is 0 Å². The van der Waals surface area contributed by atoms with Crippen LogP contribution in [0.3, 0.4) is 0 Å². The number of hydrogen-bond acceptors (Lipinski definition) is 7. The van der Waals surface area contributed by atoms with Gasteiger partial charge in [0, 0.05) is 0 Å². The summed E-state index contributed by atoms with van der Waals surface area (Å²) in [6.07, 6.45) is 2.83. The van der Waals surface area contributed by atoms with Gasteiger partial charge in [0.1, 0.15) is 36.1 Å². The third-order valence-corrected chi connectivity index (χ3v) is 4.78. The average molecular weight is 435 g/mol. The minimum Gasteiger partial charge on any atom is -0.487 e. The molecule has 0 aliphatic heterocycles. The molecule has 32 heavy (non-hydrogen) atoms. The highest BCUT2D eigenvalue weighted by Gasteiger charge is 2.11. The fourth-order valence-electron chi connectivity index (χ4n) is 3.06. The summed E-state index contributed by atoms with van der Waals surface area (Å²) >= 11 is 0. The van der Waals surface area contributed by atoms with Crippen LogP contribution in [0.2, 0.25) is 0 Å². The van der Waals surface area contributed by atoms with Crippen LogP contribution in [0.5, 0.6) is 11.5 Å². The first-order valence-corrected chi connectivity index (χ1v) is 10.4. The molecule has 0 aliphatic rings. The van der Waals surface area contributed by atoms with Crippen LogP contribution in [0.25, 0.3) is 0 Å². The Morgan fingerprint density at radius 1 is 0.719 bits per heavy atom. The van der Waals surface area contributed by atoms with Crippen molar-refractivity contribution < 1.29 is 14.6 Å². The van der Waals surface area contributed by atoms with Crippen LogP contribution in [-0.4, -0.2) is 41.2 Å². The Hall–Kier alpha value is -3.72. The largest absolute Gasteiger partial charge is 0.487 e. The van der Waals surface area contributed by atoms with E-state index in [1.807, 2.05) is 62.4 Å². The molecule has 9 nitrogen and oxygen atoms in total. The molecule has 0 saturated heterocycles. The van der Waals surface area contributed by atoms with Crippen molar-refractivity contribution in [2.75, 3.05) is 0 Å². The van der Waals surface area contributed by atoms with E-state index in [0.717, 1.165) is 11.5 Å². The molecule has 0 fully saturated rings. The lowest BCUT2D eigenvalue weighted by Crippen LogP contribution is -2.22. The molecule has 0 saturated carbocycles. The molecule has 2 aromatic carbocycles. The van der Waals surface area contributed by atoms with Gasteiger partial charge in [0.25, 0.3) is 0 Å². The van der Waals surface area contributed by atoms with Gasteiger partial charge in [-0.1, -0.05) is 45.8 Å². The highest BCUT2D eigenvalue weighted by Crippen LogP contribution is 2.14. The second-order valence-electron chi connectivity index (χ2n) is 7.72. The predicted molar refractivity (Wildman–Crippen MR) is 117 cm³/mol. The molecule has 0 unspecified atom stereocenters. The van der Waals surface area contributed by atoms with Gasteiger partial charge >= 0.3 is 0 Å². The minimum atomic E-state index is -0.699. The average Bonchev–Trinajstić information content (AvgIpc) is 3.42. The van der Waals surface area contributed by atoms with Crippen molar-refractivity contribution in [3.8, 4) is 11.5 Å². The summed E-state index contributed by atoms with van der Waals surface area (Å²) in [5.74, 6) is 1.55. The lowest BCUT2D eigenvalue weighted by Gasteiger charge is -2.09. The van der Waals surface area contributed by atoms with E-state index in [4.69, 9.17) is 9.47 Å². The molecule has 0 amide bonds. The van der Waals surface area contributed by atoms with E-state index in [2.05, 4.69) is 20.6 Å². The molecular formula is C23H26N6O3. The number of aliphatic hydroxyl groups excluding tert-OH is 1. The Morgan fingerprint density at radius 2 is 1.12 bits per heavy atom. The Labute approximate surface area is 186 Å². The lowest BCUT2D eigenvalue weighted by molar-refractivity contribution is 0.124. The van der Waals surface area contributed by atoms with Crippen molar-refractivity contribution in [1.82, 2.24) is 30.0 Å². The highest BCUT2D eigenvalue weighted by molar-refractivity contribution is 5.27. The van der Waals surface area contributed by atoms with Crippen LogP contribution in [-0.2, 0) is 26.3 Å². The molecule has 0 spiro atoms. The van der Waals surface area contributed by atoms with Gasteiger partial charge in [-0.15, -0.1) is 10.2 Å². The van der Waals surface area contributed by atoms with Crippen LogP contribution in [0, 0.1) is 13.8 Å². The first-order valence-electron chi connectivity index (χ1n) is 10.4. The maximum atomic E-state index is 10.4. The van der Waals surface area contributed by atoms with Crippen LogP contribution in [0.1, 0.15) is 22.5 Å². The van der Waals surface area contributed by atoms with Crippen molar-refractivity contribution in [3.05, 3.63) is 83.4 Å². The first kappa shape index (κ1) is 21.5. The molecule has 0 radical (unpaired) electrons. The predicted octanol–water partition coefficient (Wildman–Crippen LogP) is 2.71. The number of nitrogens with zero attached hydrogens (tertiary/aromatic N) is 6. The number of hydrogen-bond donors (Lipinski definition) is 1.